The van der Waals surface area contributed by atoms with Crippen molar-refractivity contribution < 1.29 is 19.1 Å². The summed E-state index contributed by atoms with van der Waals surface area (Å²) in [5.41, 5.74) is 0. The number of ether oxygens (including phenoxy) is 2. The van der Waals surface area contributed by atoms with Gasteiger partial charge in [-0.3, -0.25) is 9.59 Å². The van der Waals surface area contributed by atoms with Crippen LogP contribution in [0.4, 0.5) is 0 Å². The number of carbonyl (C=O) groups is 2. The molecular formula is C16H24N2O4. The molecule has 22 heavy (non-hydrogen) atoms. The Morgan fingerprint density at radius 3 is 2.41 bits per heavy atom. The summed E-state index contributed by atoms with van der Waals surface area (Å²) in [7, 11) is 0. The van der Waals surface area contributed by atoms with Gasteiger partial charge in [0.05, 0.1) is 5.92 Å². The molecule has 0 saturated carbocycles. The van der Waals surface area contributed by atoms with Crippen LogP contribution in [0.15, 0.2) is 11.5 Å². The van der Waals surface area contributed by atoms with E-state index in [9.17, 15) is 9.59 Å². The maximum atomic E-state index is 12.6. The van der Waals surface area contributed by atoms with Crippen LogP contribution in [-0.2, 0) is 19.1 Å². The molecule has 0 bridgehead atoms. The van der Waals surface area contributed by atoms with Gasteiger partial charge in [0, 0.05) is 26.2 Å². The summed E-state index contributed by atoms with van der Waals surface area (Å²) in [6.45, 7) is 5.55. The molecule has 0 aromatic heterocycles. The molecule has 0 aromatic rings. The molecular weight excluding hydrogens is 284 g/mol. The summed E-state index contributed by atoms with van der Waals surface area (Å²) in [5, 5.41) is 0. The third kappa shape index (κ3) is 3.05. The molecule has 0 aliphatic carbocycles. The van der Waals surface area contributed by atoms with Crippen molar-refractivity contribution in [3.8, 4) is 0 Å². The molecule has 122 valence electrons. The first kappa shape index (κ1) is 15.2. The van der Waals surface area contributed by atoms with Crippen molar-refractivity contribution in [3.05, 3.63) is 11.5 Å². The van der Waals surface area contributed by atoms with E-state index in [1.165, 1.54) is 0 Å². The Hall–Kier alpha value is -1.72. The van der Waals surface area contributed by atoms with E-state index in [4.69, 9.17) is 9.47 Å². The van der Waals surface area contributed by atoms with Crippen LogP contribution in [0.5, 0.6) is 0 Å². The molecule has 3 rings (SSSR count). The van der Waals surface area contributed by atoms with Gasteiger partial charge in [-0.05, 0) is 32.6 Å². The monoisotopic (exact) mass is 308 g/mol. The van der Waals surface area contributed by atoms with E-state index in [1.54, 1.807) is 11.8 Å². The van der Waals surface area contributed by atoms with Crippen molar-refractivity contribution in [3.63, 3.8) is 0 Å². The molecule has 2 saturated heterocycles. The van der Waals surface area contributed by atoms with Crippen LogP contribution < -0.4 is 0 Å². The summed E-state index contributed by atoms with van der Waals surface area (Å²) in [6, 6.07) is 0. The van der Waals surface area contributed by atoms with Gasteiger partial charge in [-0.15, -0.1) is 0 Å². The average molecular weight is 308 g/mol. The van der Waals surface area contributed by atoms with Crippen molar-refractivity contribution >= 4 is 11.8 Å². The molecule has 6 nitrogen and oxygen atoms in total. The van der Waals surface area contributed by atoms with Crippen molar-refractivity contribution in [2.45, 2.75) is 32.6 Å². The van der Waals surface area contributed by atoms with E-state index < -0.39 is 0 Å². The van der Waals surface area contributed by atoms with Gasteiger partial charge in [0.1, 0.15) is 19.0 Å². The quantitative estimate of drug-likeness (QED) is 0.767. The normalized spacial score (nSPS) is 25.8. The first-order valence-electron chi connectivity index (χ1n) is 8.21. The van der Waals surface area contributed by atoms with Crippen LogP contribution in [0.2, 0.25) is 0 Å². The summed E-state index contributed by atoms with van der Waals surface area (Å²) >= 11 is 0. The Morgan fingerprint density at radius 2 is 1.68 bits per heavy atom. The topological polar surface area (TPSA) is 59.1 Å². The molecule has 1 atom stereocenters. The number of hydrogen-bond acceptors (Lipinski definition) is 4. The molecule has 3 aliphatic heterocycles. The number of hydrogen-bond donors (Lipinski definition) is 0. The number of piperidine rings is 1. The van der Waals surface area contributed by atoms with Gasteiger partial charge >= 0.3 is 0 Å². The predicted octanol–water partition coefficient (Wildman–Crippen LogP) is 1.13. The van der Waals surface area contributed by atoms with E-state index in [0.29, 0.717) is 37.8 Å². The predicted molar refractivity (Wildman–Crippen MR) is 79.7 cm³/mol. The molecule has 0 aromatic carbocycles. The molecule has 6 heteroatoms. The molecule has 3 heterocycles. The highest BCUT2D eigenvalue weighted by Crippen LogP contribution is 2.24. The first-order chi connectivity index (χ1) is 10.7. The third-order valence-corrected chi connectivity index (χ3v) is 4.64. The van der Waals surface area contributed by atoms with Crippen molar-refractivity contribution in [2.75, 3.05) is 39.4 Å². The molecule has 0 N–H and O–H groups in total. The van der Waals surface area contributed by atoms with Gasteiger partial charge in [-0.2, -0.15) is 0 Å². The summed E-state index contributed by atoms with van der Waals surface area (Å²) < 4.78 is 10.9. The van der Waals surface area contributed by atoms with Crippen LogP contribution in [0.3, 0.4) is 0 Å². The Labute approximate surface area is 131 Å². The first-order valence-corrected chi connectivity index (χ1v) is 8.21. The van der Waals surface area contributed by atoms with E-state index in [1.807, 2.05) is 4.90 Å². The molecule has 3 aliphatic rings. The average Bonchev–Trinajstić information content (AvgIpc) is 3.08. The number of allylic oxidation sites excluding steroid dienone is 1. The number of amides is 2. The number of rotatable bonds is 2. The van der Waals surface area contributed by atoms with Gasteiger partial charge < -0.3 is 19.3 Å². The maximum Gasteiger partial charge on any atom is 0.292 e. The van der Waals surface area contributed by atoms with Crippen molar-refractivity contribution in [1.29, 1.82) is 0 Å². The lowest BCUT2D eigenvalue weighted by Crippen LogP contribution is -2.47. The SMILES string of the molecule is CC1=C(C(=O)N2CCCC(C(=O)N3CCCC3)C2)OCCO1. The highest BCUT2D eigenvalue weighted by atomic mass is 16.6. The Balaban J connectivity index is 1.65. The molecule has 2 amide bonds. The van der Waals surface area contributed by atoms with Gasteiger partial charge in [-0.25, -0.2) is 0 Å². The van der Waals surface area contributed by atoms with Crippen LogP contribution in [0.25, 0.3) is 0 Å². The standard InChI is InChI=1S/C16H24N2O4/c1-12-14(22-10-9-21-12)16(20)18-8-4-5-13(11-18)15(19)17-6-2-3-7-17/h13H,2-11H2,1H3. The maximum absolute atomic E-state index is 12.6. The van der Waals surface area contributed by atoms with Crippen LogP contribution in [0, 0.1) is 5.92 Å². The van der Waals surface area contributed by atoms with E-state index >= 15 is 0 Å². The minimum absolute atomic E-state index is 0.0683. The second-order valence-electron chi connectivity index (χ2n) is 6.20. The van der Waals surface area contributed by atoms with Gasteiger partial charge in [-0.1, -0.05) is 0 Å². The third-order valence-electron chi connectivity index (χ3n) is 4.64. The fourth-order valence-electron chi connectivity index (χ4n) is 3.42. The lowest BCUT2D eigenvalue weighted by Gasteiger charge is -2.34. The minimum atomic E-state index is -0.142. The zero-order valence-corrected chi connectivity index (χ0v) is 13.2. The zero-order valence-electron chi connectivity index (χ0n) is 13.2. The summed E-state index contributed by atoms with van der Waals surface area (Å²) in [5.74, 6) is 0.851. The fourth-order valence-corrected chi connectivity index (χ4v) is 3.42. The van der Waals surface area contributed by atoms with Gasteiger partial charge in [0.2, 0.25) is 11.7 Å². The molecule has 0 spiro atoms. The zero-order chi connectivity index (χ0) is 15.5. The second-order valence-corrected chi connectivity index (χ2v) is 6.20. The number of nitrogens with zero attached hydrogens (tertiary/aromatic N) is 2. The van der Waals surface area contributed by atoms with Crippen LogP contribution >= 0.6 is 0 Å². The van der Waals surface area contributed by atoms with E-state index in [0.717, 1.165) is 38.8 Å². The fraction of sp³-hybridized carbons (Fsp3) is 0.750. The lowest BCUT2D eigenvalue weighted by atomic mass is 9.96. The molecule has 0 radical (unpaired) electrons. The van der Waals surface area contributed by atoms with Crippen molar-refractivity contribution in [1.82, 2.24) is 9.80 Å². The highest BCUT2D eigenvalue weighted by molar-refractivity contribution is 5.92. The van der Waals surface area contributed by atoms with Crippen LogP contribution in [-0.4, -0.2) is 61.0 Å². The van der Waals surface area contributed by atoms with Gasteiger partial charge in [0.15, 0.2) is 0 Å². The molecule has 1 unspecified atom stereocenters. The Bertz CT molecular complexity index is 483. The summed E-state index contributed by atoms with van der Waals surface area (Å²) in [4.78, 5) is 28.8. The second kappa shape index (κ2) is 6.58. The smallest absolute Gasteiger partial charge is 0.292 e. The minimum Gasteiger partial charge on any atom is -0.491 e. The summed E-state index contributed by atoms with van der Waals surface area (Å²) in [6.07, 6.45) is 3.93. The number of likely N-dealkylation sites (tertiary alicyclic amines) is 2. The largest absolute Gasteiger partial charge is 0.491 e. The van der Waals surface area contributed by atoms with Gasteiger partial charge in [0.25, 0.3) is 5.91 Å². The highest BCUT2D eigenvalue weighted by Gasteiger charge is 2.34. The Kier molecular flexibility index (Phi) is 4.55. The van der Waals surface area contributed by atoms with Crippen LogP contribution in [0.1, 0.15) is 32.6 Å². The Morgan fingerprint density at radius 1 is 1.00 bits per heavy atom. The van der Waals surface area contributed by atoms with E-state index in [2.05, 4.69) is 0 Å². The molecule has 2 fully saturated rings. The van der Waals surface area contributed by atoms with Crippen molar-refractivity contribution in [2.24, 2.45) is 5.92 Å². The number of carbonyl (C=O) groups excluding carboxylic acids is 2. The lowest BCUT2D eigenvalue weighted by molar-refractivity contribution is -0.140. The van der Waals surface area contributed by atoms with E-state index in [-0.39, 0.29) is 17.7 Å².